The van der Waals surface area contributed by atoms with E-state index in [0.29, 0.717) is 0 Å². The van der Waals surface area contributed by atoms with Gasteiger partial charge in [0.1, 0.15) is 0 Å². The summed E-state index contributed by atoms with van der Waals surface area (Å²) in [7, 11) is 0. The van der Waals surface area contributed by atoms with Gasteiger partial charge in [0.05, 0.1) is 12.1 Å². The molecule has 50 valence electrons. The molecule has 2 rings (SSSR count). The van der Waals surface area contributed by atoms with Crippen molar-refractivity contribution in [1.82, 2.24) is 5.32 Å². The van der Waals surface area contributed by atoms with E-state index in [1.54, 1.807) is 0 Å². The van der Waals surface area contributed by atoms with Gasteiger partial charge >= 0.3 is 0 Å². The van der Waals surface area contributed by atoms with Gasteiger partial charge < -0.3 is 5.32 Å². The summed E-state index contributed by atoms with van der Waals surface area (Å²) >= 11 is 0. The van der Waals surface area contributed by atoms with Gasteiger partial charge in [0.2, 0.25) is 0 Å². The first kappa shape index (κ1) is 5.35. The molecule has 2 heterocycles. The molecule has 1 unspecified atom stereocenters. The summed E-state index contributed by atoms with van der Waals surface area (Å²) in [6.45, 7) is 3.12. The number of hydrogen-bond donors (Lipinski definition) is 1. The van der Waals surface area contributed by atoms with Crippen LogP contribution < -0.4 is 5.32 Å². The Morgan fingerprint density at radius 1 is 1.33 bits per heavy atom. The molecule has 3 nitrogen and oxygen atoms in total. The first-order chi connectivity index (χ1) is 4.41. The van der Waals surface area contributed by atoms with Crippen molar-refractivity contribution in [2.24, 2.45) is 10.2 Å². The number of nitrogens with one attached hydrogen (secondary N) is 1. The van der Waals surface area contributed by atoms with Gasteiger partial charge in [0, 0.05) is 6.54 Å². The van der Waals surface area contributed by atoms with Gasteiger partial charge in [-0.3, -0.25) is 0 Å². The molecule has 2 aliphatic rings. The maximum atomic E-state index is 4.23. The quantitative estimate of drug-likeness (QED) is 0.505. The van der Waals surface area contributed by atoms with Crippen LogP contribution in [-0.4, -0.2) is 25.2 Å². The van der Waals surface area contributed by atoms with E-state index in [0.717, 1.165) is 19.6 Å². The molecule has 0 aromatic rings. The molecule has 0 amide bonds. The van der Waals surface area contributed by atoms with Gasteiger partial charge in [-0.15, -0.1) is 0 Å². The second-order valence-corrected chi connectivity index (χ2v) is 2.87. The van der Waals surface area contributed by atoms with E-state index < -0.39 is 0 Å². The molecule has 3 heteroatoms. The van der Waals surface area contributed by atoms with Crippen molar-refractivity contribution in [3.05, 3.63) is 0 Å². The highest BCUT2D eigenvalue weighted by Crippen LogP contribution is 2.28. The van der Waals surface area contributed by atoms with Crippen LogP contribution in [0.3, 0.4) is 0 Å². The smallest absolute Gasteiger partial charge is 0.0969 e. The minimum atomic E-state index is 0.236. The highest BCUT2D eigenvalue weighted by Gasteiger charge is 2.35. The molecule has 0 bridgehead atoms. The minimum absolute atomic E-state index is 0.236. The van der Waals surface area contributed by atoms with Crippen LogP contribution in [0.2, 0.25) is 0 Å². The number of nitrogens with zero attached hydrogens (tertiary/aromatic N) is 2. The third-order valence-electron chi connectivity index (χ3n) is 2.18. The zero-order chi connectivity index (χ0) is 6.16. The highest BCUT2D eigenvalue weighted by atomic mass is 15.2. The highest BCUT2D eigenvalue weighted by molar-refractivity contribution is 4.97. The van der Waals surface area contributed by atoms with E-state index >= 15 is 0 Å². The summed E-state index contributed by atoms with van der Waals surface area (Å²) in [5.74, 6) is 0. The largest absolute Gasteiger partial charge is 0.314 e. The fourth-order valence-corrected chi connectivity index (χ4v) is 1.54. The molecule has 2 aliphatic heterocycles. The normalized spacial score (nSPS) is 40.9. The molecule has 0 aromatic carbocycles. The van der Waals surface area contributed by atoms with Crippen LogP contribution in [0.25, 0.3) is 0 Å². The zero-order valence-corrected chi connectivity index (χ0v) is 5.43. The van der Waals surface area contributed by atoms with Gasteiger partial charge in [-0.1, -0.05) is 0 Å². The van der Waals surface area contributed by atoms with Crippen molar-refractivity contribution in [3.63, 3.8) is 0 Å². The zero-order valence-electron chi connectivity index (χ0n) is 5.43. The first-order valence-electron chi connectivity index (χ1n) is 3.51. The van der Waals surface area contributed by atoms with Crippen molar-refractivity contribution in [3.8, 4) is 0 Å². The maximum absolute atomic E-state index is 4.23. The Kier molecular flexibility index (Phi) is 1.05. The van der Waals surface area contributed by atoms with E-state index in [-0.39, 0.29) is 5.54 Å². The predicted molar refractivity (Wildman–Crippen MR) is 34.6 cm³/mol. The van der Waals surface area contributed by atoms with Gasteiger partial charge in [-0.2, -0.15) is 10.2 Å². The molecule has 1 N–H and O–H groups in total. The Morgan fingerprint density at radius 3 is 2.89 bits per heavy atom. The molecule has 0 aliphatic carbocycles. The first-order valence-corrected chi connectivity index (χ1v) is 3.51. The van der Waals surface area contributed by atoms with E-state index in [9.17, 15) is 0 Å². The lowest BCUT2D eigenvalue weighted by atomic mass is 9.97. The summed E-state index contributed by atoms with van der Waals surface area (Å²) in [5, 5.41) is 11.5. The Morgan fingerprint density at radius 2 is 2.33 bits per heavy atom. The van der Waals surface area contributed by atoms with Crippen LogP contribution in [0.5, 0.6) is 0 Å². The summed E-state index contributed by atoms with van der Waals surface area (Å²) in [6, 6.07) is 0. The van der Waals surface area contributed by atoms with Gasteiger partial charge in [0.25, 0.3) is 0 Å². The fraction of sp³-hybridized carbons (Fsp3) is 1.00. The van der Waals surface area contributed by atoms with Crippen LogP contribution >= 0.6 is 0 Å². The number of hydrogen-bond acceptors (Lipinski definition) is 3. The van der Waals surface area contributed by atoms with Crippen LogP contribution in [-0.2, 0) is 0 Å². The third kappa shape index (κ3) is 0.758. The Balaban J connectivity index is 2.13. The summed E-state index contributed by atoms with van der Waals surface area (Å²) in [4.78, 5) is 0. The van der Waals surface area contributed by atoms with Gasteiger partial charge in [-0.05, 0) is 19.4 Å². The van der Waals surface area contributed by atoms with Crippen molar-refractivity contribution < 1.29 is 0 Å². The molecule has 1 spiro atoms. The molecular formula is C6H11N3. The maximum Gasteiger partial charge on any atom is 0.0969 e. The third-order valence-corrected chi connectivity index (χ3v) is 2.18. The van der Waals surface area contributed by atoms with Crippen molar-refractivity contribution in [2.75, 3.05) is 19.6 Å². The lowest BCUT2D eigenvalue weighted by Crippen LogP contribution is -2.26. The average molecular weight is 125 g/mol. The van der Waals surface area contributed by atoms with Crippen molar-refractivity contribution in [1.29, 1.82) is 0 Å². The van der Waals surface area contributed by atoms with E-state index in [1.807, 2.05) is 0 Å². The predicted octanol–water partition coefficient (Wildman–Crippen LogP) is 0.574. The van der Waals surface area contributed by atoms with Crippen LogP contribution in [0, 0.1) is 0 Å². The summed E-state index contributed by atoms with van der Waals surface area (Å²) in [5.41, 5.74) is 0.236. The number of azo groups is 1. The van der Waals surface area contributed by atoms with Crippen molar-refractivity contribution in [2.45, 2.75) is 18.4 Å². The van der Waals surface area contributed by atoms with Crippen molar-refractivity contribution >= 4 is 0 Å². The molecule has 1 fully saturated rings. The fourth-order valence-electron chi connectivity index (χ4n) is 1.54. The molecule has 0 saturated carbocycles. The van der Waals surface area contributed by atoms with Crippen LogP contribution in [0.4, 0.5) is 0 Å². The monoisotopic (exact) mass is 125 g/mol. The van der Waals surface area contributed by atoms with E-state index in [1.165, 1.54) is 12.8 Å². The second-order valence-electron chi connectivity index (χ2n) is 2.87. The molecule has 1 atom stereocenters. The molecule has 1 saturated heterocycles. The molecule has 9 heavy (non-hydrogen) atoms. The lowest BCUT2D eigenvalue weighted by molar-refractivity contribution is 0.477. The van der Waals surface area contributed by atoms with Crippen LogP contribution in [0.1, 0.15) is 12.8 Å². The van der Waals surface area contributed by atoms with Gasteiger partial charge in [0.15, 0.2) is 0 Å². The Hall–Kier alpha value is -0.440. The number of rotatable bonds is 0. The molecule has 0 radical (unpaired) electrons. The topological polar surface area (TPSA) is 36.8 Å². The lowest BCUT2D eigenvalue weighted by Gasteiger charge is -2.13. The minimum Gasteiger partial charge on any atom is -0.314 e. The molecule has 0 aromatic heterocycles. The Bertz CT molecular complexity index is 135. The second kappa shape index (κ2) is 1.77. The summed E-state index contributed by atoms with van der Waals surface area (Å²) in [6.07, 6.45) is 2.36. The standard InChI is InChI=1S/C6H11N3/c1-3-7-5-6(1)2-4-8-9-6/h7H,1-5H2. The molecular weight excluding hydrogens is 114 g/mol. The van der Waals surface area contributed by atoms with Gasteiger partial charge in [-0.25, -0.2) is 0 Å². The van der Waals surface area contributed by atoms with E-state index in [2.05, 4.69) is 15.5 Å². The van der Waals surface area contributed by atoms with E-state index in [4.69, 9.17) is 0 Å². The SMILES string of the molecule is C1CC2(CCNC2)N=N1. The van der Waals surface area contributed by atoms with Crippen LogP contribution in [0.15, 0.2) is 10.2 Å². The Labute approximate surface area is 54.5 Å². The average Bonchev–Trinajstić information content (AvgIpc) is 2.45. The summed E-state index contributed by atoms with van der Waals surface area (Å²) < 4.78 is 0.